The van der Waals surface area contributed by atoms with E-state index in [1.807, 2.05) is 0 Å². The average Bonchev–Trinajstić information content (AvgIpc) is 2.59. The summed E-state index contributed by atoms with van der Waals surface area (Å²) in [6.07, 6.45) is 3.74. The van der Waals surface area contributed by atoms with Gasteiger partial charge in [-0.15, -0.1) is 0 Å². The van der Waals surface area contributed by atoms with Crippen LogP contribution in [0, 0.1) is 11.8 Å². The van der Waals surface area contributed by atoms with Crippen LogP contribution in [0.4, 0.5) is 0 Å². The van der Waals surface area contributed by atoms with Crippen molar-refractivity contribution in [3.63, 3.8) is 0 Å². The van der Waals surface area contributed by atoms with Gasteiger partial charge in [0.25, 0.3) is 10.0 Å². The van der Waals surface area contributed by atoms with Gasteiger partial charge in [0, 0.05) is 6.04 Å². The summed E-state index contributed by atoms with van der Waals surface area (Å²) >= 11 is 0. The quantitative estimate of drug-likeness (QED) is 0.874. The zero-order valence-electron chi connectivity index (χ0n) is 14.3. The molecule has 0 bridgehead atoms. The first-order valence-electron chi connectivity index (χ1n) is 8.57. The Morgan fingerprint density at radius 3 is 2.62 bits per heavy atom. The zero-order chi connectivity index (χ0) is 17.2. The van der Waals surface area contributed by atoms with Gasteiger partial charge in [-0.05, 0) is 30.4 Å². The Morgan fingerprint density at radius 1 is 1.21 bits per heavy atom. The van der Waals surface area contributed by atoms with E-state index in [1.54, 1.807) is 30.3 Å². The van der Waals surface area contributed by atoms with Crippen molar-refractivity contribution in [2.75, 3.05) is 13.3 Å². The van der Waals surface area contributed by atoms with Gasteiger partial charge in [0.2, 0.25) is 5.96 Å². The van der Waals surface area contributed by atoms with E-state index in [1.165, 1.54) is 19.3 Å². The lowest BCUT2D eigenvalue weighted by atomic mass is 9.77. The van der Waals surface area contributed by atoms with E-state index in [-0.39, 0.29) is 4.90 Å². The SMILES string of the molecule is C[C@@H]1[C@H](C)CCC[C@@H]1N1CN=C(NS(=O)(=O)c2ccccc2)NC1. The maximum absolute atomic E-state index is 12.3. The molecule has 2 aliphatic rings. The average molecular weight is 350 g/mol. The molecule has 0 amide bonds. The van der Waals surface area contributed by atoms with Gasteiger partial charge in [0.1, 0.15) is 0 Å². The molecule has 0 saturated heterocycles. The zero-order valence-corrected chi connectivity index (χ0v) is 15.1. The second kappa shape index (κ2) is 7.11. The van der Waals surface area contributed by atoms with Crippen LogP contribution in [0.5, 0.6) is 0 Å². The fourth-order valence-electron chi connectivity index (χ4n) is 3.59. The first-order chi connectivity index (χ1) is 11.5. The molecular formula is C17H26N4O2S. The van der Waals surface area contributed by atoms with Crippen LogP contribution in [0.3, 0.4) is 0 Å². The Morgan fingerprint density at radius 2 is 1.96 bits per heavy atom. The maximum atomic E-state index is 12.3. The summed E-state index contributed by atoms with van der Waals surface area (Å²) in [5.41, 5.74) is 0. The number of hydrogen-bond acceptors (Lipinski definition) is 5. The van der Waals surface area contributed by atoms with Gasteiger partial charge in [0.05, 0.1) is 18.2 Å². The first-order valence-corrected chi connectivity index (χ1v) is 10.1. The van der Waals surface area contributed by atoms with Crippen LogP contribution in [0.2, 0.25) is 0 Å². The molecule has 1 fully saturated rings. The minimum absolute atomic E-state index is 0.242. The van der Waals surface area contributed by atoms with Crippen LogP contribution in [0.15, 0.2) is 40.2 Å². The van der Waals surface area contributed by atoms with E-state index in [2.05, 4.69) is 33.8 Å². The molecule has 1 aliphatic heterocycles. The third kappa shape index (κ3) is 3.72. The second-order valence-corrected chi connectivity index (χ2v) is 8.51. The van der Waals surface area contributed by atoms with Crippen LogP contribution < -0.4 is 10.0 Å². The van der Waals surface area contributed by atoms with Gasteiger partial charge in [-0.1, -0.05) is 44.9 Å². The minimum atomic E-state index is -3.58. The molecule has 0 aromatic heterocycles. The highest BCUT2D eigenvalue weighted by Gasteiger charge is 2.32. The highest BCUT2D eigenvalue weighted by Crippen LogP contribution is 2.32. The molecule has 6 nitrogen and oxygen atoms in total. The summed E-state index contributed by atoms with van der Waals surface area (Å²) in [5.74, 6) is 1.69. The van der Waals surface area contributed by atoms with E-state index >= 15 is 0 Å². The summed E-state index contributed by atoms with van der Waals surface area (Å²) in [7, 11) is -3.58. The normalized spacial score (nSPS) is 28.8. The number of rotatable bonds is 3. The smallest absolute Gasteiger partial charge is 0.264 e. The lowest BCUT2D eigenvalue weighted by molar-refractivity contribution is 0.0768. The summed E-state index contributed by atoms with van der Waals surface area (Å²) < 4.78 is 27.2. The van der Waals surface area contributed by atoms with Crippen LogP contribution in [0.25, 0.3) is 0 Å². The summed E-state index contributed by atoms with van der Waals surface area (Å²) in [6.45, 7) is 5.78. The highest BCUT2D eigenvalue weighted by molar-refractivity contribution is 7.90. The molecule has 0 spiro atoms. The second-order valence-electron chi connectivity index (χ2n) is 6.82. The Balaban J connectivity index is 1.64. The van der Waals surface area contributed by atoms with Gasteiger partial charge in [-0.25, -0.2) is 18.1 Å². The first kappa shape index (κ1) is 17.2. The van der Waals surface area contributed by atoms with Crippen molar-refractivity contribution in [1.82, 2.24) is 14.9 Å². The van der Waals surface area contributed by atoms with E-state index in [9.17, 15) is 8.42 Å². The number of nitrogens with zero attached hydrogens (tertiary/aromatic N) is 2. The molecular weight excluding hydrogens is 324 g/mol. The molecule has 7 heteroatoms. The predicted octanol–water partition coefficient (Wildman–Crippen LogP) is 1.97. The van der Waals surface area contributed by atoms with Crippen molar-refractivity contribution in [2.24, 2.45) is 16.8 Å². The van der Waals surface area contributed by atoms with Crippen molar-refractivity contribution < 1.29 is 8.42 Å². The molecule has 1 heterocycles. The molecule has 1 aliphatic carbocycles. The van der Waals surface area contributed by atoms with E-state index in [0.717, 1.165) is 5.92 Å². The molecule has 132 valence electrons. The number of guanidine groups is 1. The van der Waals surface area contributed by atoms with Crippen LogP contribution >= 0.6 is 0 Å². The third-order valence-corrected chi connectivity index (χ3v) is 6.63. The maximum Gasteiger partial charge on any atom is 0.264 e. The Hall–Kier alpha value is -1.60. The van der Waals surface area contributed by atoms with E-state index in [4.69, 9.17) is 0 Å². The van der Waals surface area contributed by atoms with Crippen LogP contribution in [0.1, 0.15) is 33.1 Å². The van der Waals surface area contributed by atoms with Crippen molar-refractivity contribution in [2.45, 2.75) is 44.0 Å². The summed E-state index contributed by atoms with van der Waals surface area (Å²) in [4.78, 5) is 6.95. The number of hydrogen-bond donors (Lipinski definition) is 2. The molecule has 3 rings (SSSR count). The Bertz CT molecular complexity index is 690. The molecule has 1 aromatic rings. The standard InChI is InChI=1S/C17H26N4O2S/c1-13-7-6-10-16(14(13)2)21-11-18-17(19-12-21)20-24(22,23)15-8-4-3-5-9-15/h3-5,8-9,13-14,16H,6-7,10-12H2,1-2H3,(H2,18,19,20)/t13-,14-,16+/m1/s1. The van der Waals surface area contributed by atoms with Gasteiger partial charge in [-0.3, -0.25) is 4.90 Å². The highest BCUT2D eigenvalue weighted by atomic mass is 32.2. The fraction of sp³-hybridized carbons (Fsp3) is 0.588. The van der Waals surface area contributed by atoms with Gasteiger partial charge in [-0.2, -0.15) is 0 Å². The van der Waals surface area contributed by atoms with Crippen molar-refractivity contribution in [1.29, 1.82) is 0 Å². The molecule has 3 atom stereocenters. The van der Waals surface area contributed by atoms with Crippen LogP contribution in [-0.2, 0) is 10.0 Å². The van der Waals surface area contributed by atoms with Gasteiger partial charge in [0.15, 0.2) is 0 Å². The van der Waals surface area contributed by atoms with Crippen molar-refractivity contribution in [3.05, 3.63) is 30.3 Å². The van der Waals surface area contributed by atoms with Gasteiger partial charge >= 0.3 is 0 Å². The van der Waals surface area contributed by atoms with Gasteiger partial charge < -0.3 is 5.32 Å². The number of nitrogens with one attached hydrogen (secondary N) is 2. The predicted molar refractivity (Wildman–Crippen MR) is 94.9 cm³/mol. The van der Waals surface area contributed by atoms with Crippen molar-refractivity contribution in [3.8, 4) is 0 Å². The molecule has 1 aromatic carbocycles. The van der Waals surface area contributed by atoms with Crippen LogP contribution in [-0.4, -0.2) is 38.7 Å². The number of aliphatic imine (C=N–C) groups is 1. The Kier molecular flexibility index (Phi) is 5.10. The van der Waals surface area contributed by atoms with Crippen molar-refractivity contribution >= 4 is 16.0 Å². The Labute approximate surface area is 144 Å². The lowest BCUT2D eigenvalue weighted by Gasteiger charge is -2.42. The minimum Gasteiger partial charge on any atom is -0.343 e. The largest absolute Gasteiger partial charge is 0.343 e. The molecule has 24 heavy (non-hydrogen) atoms. The monoisotopic (exact) mass is 350 g/mol. The molecule has 2 N–H and O–H groups in total. The van der Waals surface area contributed by atoms with E-state index in [0.29, 0.717) is 31.3 Å². The summed E-state index contributed by atoms with van der Waals surface area (Å²) in [5, 5.41) is 3.11. The molecule has 0 radical (unpaired) electrons. The third-order valence-electron chi connectivity index (χ3n) is 5.28. The number of benzene rings is 1. The number of sulfonamides is 1. The van der Waals surface area contributed by atoms with E-state index < -0.39 is 10.0 Å². The summed E-state index contributed by atoms with van der Waals surface area (Å²) in [6, 6.07) is 8.86. The molecule has 1 saturated carbocycles. The molecule has 0 unspecified atom stereocenters. The fourth-order valence-corrected chi connectivity index (χ4v) is 4.61. The topological polar surface area (TPSA) is 73.8 Å². The lowest BCUT2D eigenvalue weighted by Crippen LogP contribution is -2.55.